The molecular weight excluding hydrogens is 260 g/mol. The topological polar surface area (TPSA) is 38.1 Å². The van der Waals surface area contributed by atoms with Gasteiger partial charge < -0.3 is 9.73 Å². The third kappa shape index (κ3) is 2.98. The number of furan rings is 1. The summed E-state index contributed by atoms with van der Waals surface area (Å²) in [6, 6.07) is 14.6. The molecule has 3 heteroatoms. The number of pyridine rings is 1. The first-order chi connectivity index (χ1) is 10.3. The van der Waals surface area contributed by atoms with Gasteiger partial charge in [0.1, 0.15) is 11.5 Å². The number of hydrogen-bond donors (Lipinski definition) is 1. The summed E-state index contributed by atoms with van der Waals surface area (Å²) in [6.45, 7) is 5.29. The quantitative estimate of drug-likeness (QED) is 0.744. The summed E-state index contributed by atoms with van der Waals surface area (Å²) in [4.78, 5) is 4.34. The molecule has 2 aromatic heterocycles. The van der Waals surface area contributed by atoms with Gasteiger partial charge in [-0.3, -0.25) is 4.98 Å². The second kappa shape index (κ2) is 6.10. The van der Waals surface area contributed by atoms with Crippen LogP contribution < -0.4 is 5.32 Å². The van der Waals surface area contributed by atoms with Crippen LogP contribution in [0.1, 0.15) is 32.1 Å². The summed E-state index contributed by atoms with van der Waals surface area (Å²) >= 11 is 0. The van der Waals surface area contributed by atoms with E-state index in [4.69, 9.17) is 4.42 Å². The van der Waals surface area contributed by atoms with Crippen LogP contribution in [0.3, 0.4) is 0 Å². The van der Waals surface area contributed by atoms with Crippen LogP contribution in [0.5, 0.6) is 0 Å². The van der Waals surface area contributed by atoms with Gasteiger partial charge in [0, 0.05) is 17.1 Å². The van der Waals surface area contributed by atoms with E-state index in [1.54, 1.807) is 0 Å². The number of rotatable bonds is 5. The van der Waals surface area contributed by atoms with Gasteiger partial charge in [-0.05, 0) is 56.3 Å². The molecular formula is C18H20N2O. The molecule has 0 fully saturated rings. The first-order valence-corrected chi connectivity index (χ1v) is 7.46. The maximum absolute atomic E-state index is 5.99. The lowest BCUT2D eigenvalue weighted by atomic mass is 10.1. The van der Waals surface area contributed by atoms with E-state index >= 15 is 0 Å². The van der Waals surface area contributed by atoms with Crippen molar-refractivity contribution in [3.8, 4) is 11.3 Å². The van der Waals surface area contributed by atoms with Crippen molar-refractivity contribution in [3.05, 3.63) is 54.4 Å². The fraction of sp³-hybridized carbons (Fsp3) is 0.278. The Bertz CT molecular complexity index is 733. The van der Waals surface area contributed by atoms with Crippen LogP contribution in [0.15, 0.2) is 53.1 Å². The monoisotopic (exact) mass is 280 g/mol. The number of aromatic nitrogens is 1. The number of nitrogens with one attached hydrogen (secondary N) is 1. The van der Waals surface area contributed by atoms with Gasteiger partial charge in [0.15, 0.2) is 0 Å². The van der Waals surface area contributed by atoms with E-state index in [2.05, 4.69) is 48.4 Å². The molecule has 1 unspecified atom stereocenters. The zero-order chi connectivity index (χ0) is 14.7. The predicted molar refractivity (Wildman–Crippen MR) is 86.2 cm³/mol. The highest BCUT2D eigenvalue weighted by Crippen LogP contribution is 2.27. The van der Waals surface area contributed by atoms with Gasteiger partial charge in [0.05, 0.1) is 11.6 Å². The van der Waals surface area contributed by atoms with Crippen LogP contribution in [0.4, 0.5) is 0 Å². The average molecular weight is 280 g/mol. The fourth-order valence-corrected chi connectivity index (χ4v) is 2.43. The second-order valence-corrected chi connectivity index (χ2v) is 5.29. The maximum atomic E-state index is 5.99. The molecule has 0 bridgehead atoms. The first kappa shape index (κ1) is 13.8. The summed E-state index contributed by atoms with van der Waals surface area (Å²) in [5.41, 5.74) is 2.09. The third-order valence-electron chi connectivity index (χ3n) is 3.64. The number of fused-ring (bicyclic) bond motifs is 1. The van der Waals surface area contributed by atoms with Crippen LogP contribution in [0.25, 0.3) is 22.2 Å². The highest BCUT2D eigenvalue weighted by atomic mass is 16.3. The Labute approximate surface area is 125 Å². The van der Waals surface area contributed by atoms with Gasteiger partial charge in [-0.15, -0.1) is 0 Å². The molecule has 0 spiro atoms. The van der Waals surface area contributed by atoms with Gasteiger partial charge in [-0.1, -0.05) is 13.0 Å². The lowest BCUT2D eigenvalue weighted by Gasteiger charge is -2.09. The molecule has 0 radical (unpaired) electrons. The third-order valence-corrected chi connectivity index (χ3v) is 3.64. The van der Waals surface area contributed by atoms with E-state index in [9.17, 15) is 0 Å². The summed E-state index contributed by atoms with van der Waals surface area (Å²) in [7, 11) is 0. The minimum atomic E-state index is 0.237. The molecule has 0 saturated carbocycles. The van der Waals surface area contributed by atoms with Gasteiger partial charge in [0.2, 0.25) is 0 Å². The van der Waals surface area contributed by atoms with Gasteiger partial charge in [0.25, 0.3) is 0 Å². The van der Waals surface area contributed by atoms with E-state index in [0.717, 1.165) is 41.0 Å². The Kier molecular flexibility index (Phi) is 4.02. The summed E-state index contributed by atoms with van der Waals surface area (Å²) in [6.07, 6.45) is 2.93. The lowest BCUT2D eigenvalue weighted by molar-refractivity contribution is 0.439. The van der Waals surface area contributed by atoms with Gasteiger partial charge in [-0.2, -0.15) is 0 Å². The van der Waals surface area contributed by atoms with E-state index < -0.39 is 0 Å². The van der Waals surface area contributed by atoms with E-state index in [-0.39, 0.29) is 6.04 Å². The Balaban J connectivity index is 1.87. The van der Waals surface area contributed by atoms with Crippen molar-refractivity contribution in [2.45, 2.75) is 26.3 Å². The Hall–Kier alpha value is -2.13. The lowest BCUT2D eigenvalue weighted by Crippen LogP contribution is -2.18. The van der Waals surface area contributed by atoms with Crippen LogP contribution in [-0.4, -0.2) is 11.5 Å². The molecule has 3 aromatic rings. The summed E-state index contributed by atoms with van der Waals surface area (Å²) < 4.78 is 5.99. The fourth-order valence-electron chi connectivity index (χ4n) is 2.43. The van der Waals surface area contributed by atoms with Crippen molar-refractivity contribution < 1.29 is 4.42 Å². The second-order valence-electron chi connectivity index (χ2n) is 5.29. The molecule has 0 aliphatic heterocycles. The normalized spacial score (nSPS) is 12.7. The molecule has 0 saturated heterocycles. The van der Waals surface area contributed by atoms with Crippen molar-refractivity contribution in [2.75, 3.05) is 6.54 Å². The van der Waals surface area contributed by atoms with E-state index in [1.807, 2.05) is 24.4 Å². The summed E-state index contributed by atoms with van der Waals surface area (Å²) in [5.74, 6) is 1.88. The number of hydrogen-bond acceptors (Lipinski definition) is 3. The molecule has 0 aliphatic carbocycles. The van der Waals surface area contributed by atoms with Gasteiger partial charge >= 0.3 is 0 Å². The molecule has 3 rings (SSSR count). The Morgan fingerprint density at radius 1 is 1.19 bits per heavy atom. The molecule has 1 N–H and O–H groups in total. The largest absolute Gasteiger partial charge is 0.459 e. The Morgan fingerprint density at radius 2 is 2.10 bits per heavy atom. The Morgan fingerprint density at radius 3 is 2.95 bits per heavy atom. The molecule has 3 nitrogen and oxygen atoms in total. The first-order valence-electron chi connectivity index (χ1n) is 7.46. The smallest absolute Gasteiger partial charge is 0.134 e. The van der Waals surface area contributed by atoms with Crippen LogP contribution in [-0.2, 0) is 0 Å². The SMILES string of the molecule is CCCNC(C)c1ccc(-c2ccc3ncccc3c2)o1. The molecule has 108 valence electrons. The molecule has 0 amide bonds. The molecule has 1 aromatic carbocycles. The van der Waals surface area contributed by atoms with Crippen LogP contribution in [0, 0.1) is 0 Å². The molecule has 1 atom stereocenters. The molecule has 0 aliphatic rings. The molecule has 21 heavy (non-hydrogen) atoms. The average Bonchev–Trinajstić information content (AvgIpc) is 3.02. The van der Waals surface area contributed by atoms with E-state index in [0.29, 0.717) is 0 Å². The predicted octanol–water partition coefficient (Wildman–Crippen LogP) is 4.56. The van der Waals surface area contributed by atoms with E-state index in [1.165, 1.54) is 0 Å². The van der Waals surface area contributed by atoms with Crippen molar-refractivity contribution in [1.82, 2.24) is 10.3 Å². The van der Waals surface area contributed by atoms with Crippen molar-refractivity contribution in [3.63, 3.8) is 0 Å². The standard InChI is InChI=1S/C18H20N2O/c1-3-10-19-13(2)17-8-9-18(21-17)15-6-7-16-14(12-15)5-4-11-20-16/h4-9,11-13,19H,3,10H2,1-2H3. The maximum Gasteiger partial charge on any atom is 0.134 e. The van der Waals surface area contributed by atoms with Crippen molar-refractivity contribution >= 4 is 10.9 Å². The highest BCUT2D eigenvalue weighted by Gasteiger charge is 2.11. The number of benzene rings is 1. The number of nitrogens with zero attached hydrogens (tertiary/aromatic N) is 1. The van der Waals surface area contributed by atoms with Crippen LogP contribution >= 0.6 is 0 Å². The van der Waals surface area contributed by atoms with Gasteiger partial charge in [-0.25, -0.2) is 0 Å². The highest BCUT2D eigenvalue weighted by molar-refractivity contribution is 5.83. The minimum Gasteiger partial charge on any atom is -0.459 e. The van der Waals surface area contributed by atoms with Crippen molar-refractivity contribution in [1.29, 1.82) is 0 Å². The molecule has 2 heterocycles. The van der Waals surface area contributed by atoms with Crippen molar-refractivity contribution in [2.24, 2.45) is 0 Å². The zero-order valence-electron chi connectivity index (χ0n) is 12.5. The zero-order valence-corrected chi connectivity index (χ0v) is 12.5. The van der Waals surface area contributed by atoms with Crippen LogP contribution in [0.2, 0.25) is 0 Å². The summed E-state index contributed by atoms with van der Waals surface area (Å²) in [5, 5.41) is 4.57. The minimum absolute atomic E-state index is 0.237.